The number of ether oxygens (including phenoxy) is 2. The van der Waals surface area contributed by atoms with Crippen LogP contribution in [0.3, 0.4) is 0 Å². The summed E-state index contributed by atoms with van der Waals surface area (Å²) >= 11 is 0. The number of carbonyl (C=O) groups is 2. The van der Waals surface area contributed by atoms with Crippen LogP contribution in [0.15, 0.2) is 0 Å². The van der Waals surface area contributed by atoms with Crippen molar-refractivity contribution >= 4 is 11.9 Å². The largest absolute Gasteiger partial charge is 0.481 e. The molecule has 6 nitrogen and oxygen atoms in total. The van der Waals surface area contributed by atoms with Crippen LogP contribution in [0.2, 0.25) is 0 Å². The van der Waals surface area contributed by atoms with Crippen LogP contribution in [-0.4, -0.2) is 46.6 Å². The predicted molar refractivity (Wildman–Crippen MR) is 39.6 cm³/mol. The van der Waals surface area contributed by atoms with Crippen LogP contribution >= 0.6 is 0 Å². The third-order valence-corrected chi connectivity index (χ3v) is 3.11. The maximum absolute atomic E-state index is 10.9. The van der Waals surface area contributed by atoms with Gasteiger partial charge < -0.3 is 19.7 Å². The second kappa shape index (κ2) is 2.26. The van der Waals surface area contributed by atoms with Crippen molar-refractivity contribution in [2.75, 3.05) is 0 Å². The Morgan fingerprint density at radius 1 is 0.786 bits per heavy atom. The van der Waals surface area contributed by atoms with E-state index in [4.69, 9.17) is 19.7 Å². The van der Waals surface area contributed by atoms with Crippen LogP contribution < -0.4 is 0 Å². The topological polar surface area (TPSA) is 99.7 Å². The fraction of sp³-hybridized carbons (Fsp3) is 0.750. The van der Waals surface area contributed by atoms with E-state index < -0.39 is 36.0 Å². The monoisotopic (exact) mass is 200 g/mol. The highest BCUT2D eigenvalue weighted by Gasteiger charge is 2.72. The highest BCUT2D eigenvalue weighted by atomic mass is 16.7. The Kier molecular flexibility index (Phi) is 1.32. The Labute approximate surface area is 78.4 Å². The summed E-state index contributed by atoms with van der Waals surface area (Å²) in [6, 6.07) is 0. The maximum Gasteiger partial charge on any atom is 0.310 e. The number of hydrogen-bond donors (Lipinski definition) is 2. The zero-order valence-electron chi connectivity index (χ0n) is 6.99. The second-order valence-corrected chi connectivity index (χ2v) is 3.86. The number of epoxide rings is 2. The number of fused-ring (bicyclic) bond motifs is 3. The number of carboxylic acids is 2. The first-order valence-electron chi connectivity index (χ1n) is 4.38. The zero-order chi connectivity index (χ0) is 10.0. The molecule has 2 N–H and O–H groups in total. The van der Waals surface area contributed by atoms with E-state index in [1.54, 1.807) is 0 Å². The van der Waals surface area contributed by atoms with E-state index >= 15 is 0 Å². The number of carboxylic acid groups (broad SMARTS) is 2. The van der Waals surface area contributed by atoms with Gasteiger partial charge in [-0.15, -0.1) is 0 Å². The first-order chi connectivity index (χ1) is 6.61. The summed E-state index contributed by atoms with van der Waals surface area (Å²) in [5.41, 5.74) is 0. The van der Waals surface area contributed by atoms with Gasteiger partial charge in [-0.05, 0) is 0 Å². The van der Waals surface area contributed by atoms with Crippen LogP contribution in [0.25, 0.3) is 0 Å². The van der Waals surface area contributed by atoms with Gasteiger partial charge in [-0.2, -0.15) is 0 Å². The summed E-state index contributed by atoms with van der Waals surface area (Å²) < 4.78 is 10.2. The molecule has 2 aliphatic heterocycles. The molecule has 2 saturated heterocycles. The molecule has 1 saturated carbocycles. The molecule has 14 heavy (non-hydrogen) atoms. The SMILES string of the molecule is O=C(O)[C@@H]1[C@@H]2O[C@@H]2[C@H]2O[C@@H]2[C@H]1C(=O)O. The Hall–Kier alpha value is -1.14. The summed E-state index contributed by atoms with van der Waals surface area (Å²) in [6.07, 6.45) is -1.29. The quantitative estimate of drug-likeness (QED) is 0.551. The minimum Gasteiger partial charge on any atom is -0.481 e. The first-order valence-corrected chi connectivity index (χ1v) is 4.38. The Morgan fingerprint density at radius 2 is 1.14 bits per heavy atom. The summed E-state index contributed by atoms with van der Waals surface area (Å²) in [5, 5.41) is 17.8. The zero-order valence-corrected chi connectivity index (χ0v) is 6.99. The van der Waals surface area contributed by atoms with Gasteiger partial charge >= 0.3 is 11.9 Å². The van der Waals surface area contributed by atoms with Crippen LogP contribution in [0.1, 0.15) is 0 Å². The molecule has 0 spiro atoms. The normalized spacial score (nSPS) is 52.9. The summed E-state index contributed by atoms with van der Waals surface area (Å²) in [6.45, 7) is 0. The minimum absolute atomic E-state index is 0.184. The molecular formula is C8H8O6. The molecule has 3 fully saturated rings. The molecule has 1 aliphatic carbocycles. The van der Waals surface area contributed by atoms with Crippen LogP contribution in [-0.2, 0) is 19.1 Å². The van der Waals surface area contributed by atoms with Gasteiger partial charge in [0.25, 0.3) is 0 Å². The fourth-order valence-corrected chi connectivity index (χ4v) is 2.38. The lowest BCUT2D eigenvalue weighted by atomic mass is 9.79. The van der Waals surface area contributed by atoms with Crippen molar-refractivity contribution in [3.05, 3.63) is 0 Å². The number of rotatable bonds is 2. The van der Waals surface area contributed by atoms with Gasteiger partial charge in [-0.3, -0.25) is 9.59 Å². The smallest absolute Gasteiger partial charge is 0.310 e. The Balaban J connectivity index is 1.92. The summed E-state index contributed by atoms with van der Waals surface area (Å²) in [7, 11) is 0. The molecule has 3 aliphatic rings. The fourth-order valence-electron chi connectivity index (χ4n) is 2.38. The Bertz CT molecular complexity index is 294. The Morgan fingerprint density at radius 3 is 1.43 bits per heavy atom. The van der Waals surface area contributed by atoms with Crippen LogP contribution in [0, 0.1) is 11.8 Å². The lowest BCUT2D eigenvalue weighted by molar-refractivity contribution is -0.155. The van der Waals surface area contributed by atoms with Gasteiger partial charge in [-0.25, -0.2) is 0 Å². The van der Waals surface area contributed by atoms with E-state index in [1.165, 1.54) is 0 Å². The van der Waals surface area contributed by atoms with E-state index in [2.05, 4.69) is 0 Å². The molecule has 76 valence electrons. The van der Waals surface area contributed by atoms with Crippen molar-refractivity contribution in [2.24, 2.45) is 11.8 Å². The highest BCUT2D eigenvalue weighted by Crippen LogP contribution is 2.53. The predicted octanol–water partition coefficient (Wildman–Crippen LogP) is -1.06. The molecule has 6 atom stereocenters. The van der Waals surface area contributed by atoms with E-state index in [0.29, 0.717) is 0 Å². The van der Waals surface area contributed by atoms with Crippen LogP contribution in [0.4, 0.5) is 0 Å². The molecule has 3 rings (SSSR count). The van der Waals surface area contributed by atoms with Gasteiger partial charge in [0.1, 0.15) is 36.3 Å². The van der Waals surface area contributed by atoms with Crippen molar-refractivity contribution in [2.45, 2.75) is 24.4 Å². The summed E-state index contributed by atoms with van der Waals surface area (Å²) in [4.78, 5) is 21.7. The molecule has 0 radical (unpaired) electrons. The maximum atomic E-state index is 10.9. The van der Waals surface area contributed by atoms with Crippen molar-refractivity contribution in [1.82, 2.24) is 0 Å². The van der Waals surface area contributed by atoms with Gasteiger partial charge in [0, 0.05) is 0 Å². The molecule has 0 unspecified atom stereocenters. The third-order valence-electron chi connectivity index (χ3n) is 3.11. The molecule has 0 amide bonds. The highest BCUT2D eigenvalue weighted by molar-refractivity contribution is 5.82. The third kappa shape index (κ3) is 0.869. The van der Waals surface area contributed by atoms with Crippen molar-refractivity contribution < 1.29 is 29.3 Å². The minimum atomic E-state index is -1.11. The van der Waals surface area contributed by atoms with Gasteiger partial charge in [0.2, 0.25) is 0 Å². The molecule has 0 bridgehead atoms. The van der Waals surface area contributed by atoms with Crippen molar-refractivity contribution in [1.29, 1.82) is 0 Å². The molecule has 0 aromatic rings. The second-order valence-electron chi connectivity index (χ2n) is 3.86. The van der Waals surface area contributed by atoms with E-state index in [9.17, 15) is 9.59 Å². The average molecular weight is 200 g/mol. The first kappa shape index (κ1) is 8.19. The molecular weight excluding hydrogens is 192 g/mol. The average Bonchev–Trinajstić information content (AvgIpc) is 2.93. The van der Waals surface area contributed by atoms with Crippen molar-refractivity contribution in [3.63, 3.8) is 0 Å². The van der Waals surface area contributed by atoms with Crippen LogP contribution in [0.5, 0.6) is 0 Å². The molecule has 0 aromatic carbocycles. The van der Waals surface area contributed by atoms with Gasteiger partial charge in [0.15, 0.2) is 0 Å². The van der Waals surface area contributed by atoms with Gasteiger partial charge in [-0.1, -0.05) is 0 Å². The summed E-state index contributed by atoms with van der Waals surface area (Å²) in [5.74, 6) is -4.14. The molecule has 0 aromatic heterocycles. The van der Waals surface area contributed by atoms with E-state index in [0.717, 1.165) is 0 Å². The molecule has 2 heterocycles. The van der Waals surface area contributed by atoms with Gasteiger partial charge in [0.05, 0.1) is 0 Å². The van der Waals surface area contributed by atoms with Crippen molar-refractivity contribution in [3.8, 4) is 0 Å². The standard InChI is InChI=1S/C8H8O6/c9-7(10)1-2(8(11)12)4-6(14-4)5-3(1)13-5/h1-6H,(H,9,10)(H,11,12)/t1-,2-,3-,4+,5-,6-/m0/s1. The van der Waals surface area contributed by atoms with E-state index in [-0.39, 0.29) is 12.2 Å². The lowest BCUT2D eigenvalue weighted by Crippen LogP contribution is -2.42. The number of hydrogen-bond acceptors (Lipinski definition) is 4. The van der Waals surface area contributed by atoms with E-state index in [1.807, 2.05) is 0 Å². The number of aliphatic carboxylic acids is 2. The molecule has 6 heteroatoms. The lowest BCUT2D eigenvalue weighted by Gasteiger charge is -2.18.